The molecule has 4 nitrogen and oxygen atoms in total. The number of benzene rings is 7. The number of rotatable bonds is 2. The molecule has 0 spiro atoms. The Labute approximate surface area is 250 Å². The highest BCUT2D eigenvalue weighted by molar-refractivity contribution is 6.42. The zero-order valence-electron chi connectivity index (χ0n) is 23.4. The van der Waals surface area contributed by atoms with Crippen LogP contribution in [0.25, 0.3) is 105 Å². The van der Waals surface area contributed by atoms with E-state index in [0.29, 0.717) is 0 Å². The highest BCUT2D eigenvalue weighted by atomic mass is 16.3. The fourth-order valence-electron chi connectivity index (χ4n) is 7.76. The van der Waals surface area contributed by atoms with Gasteiger partial charge in [-0.3, -0.25) is 4.57 Å². The lowest BCUT2D eigenvalue weighted by molar-refractivity contribution is 0.669. The van der Waals surface area contributed by atoms with Gasteiger partial charge in [-0.25, -0.2) is 9.97 Å². The van der Waals surface area contributed by atoms with Crippen LogP contribution < -0.4 is 0 Å². The SMILES string of the molecule is c1ccc(-c2nc3ccccc3nc2-n2c3ccc4oc5cccc6c5c4c3c3c4c-6cccc4c4ccccc4c32)cc1. The predicted molar refractivity (Wildman–Crippen MR) is 181 cm³/mol. The molecule has 0 saturated heterocycles. The summed E-state index contributed by atoms with van der Waals surface area (Å²) in [5.74, 6) is 0.824. The number of hydrogen-bond acceptors (Lipinski definition) is 3. The third-order valence-electron chi connectivity index (χ3n) is 9.48. The second-order valence-corrected chi connectivity index (χ2v) is 11.7. The molecule has 0 atom stereocenters. The van der Waals surface area contributed by atoms with E-state index in [1.165, 1.54) is 54.2 Å². The van der Waals surface area contributed by atoms with Gasteiger partial charge in [0.15, 0.2) is 5.82 Å². The van der Waals surface area contributed by atoms with Crippen molar-refractivity contribution in [3.8, 4) is 28.2 Å². The van der Waals surface area contributed by atoms with Gasteiger partial charge in [0, 0.05) is 37.9 Å². The van der Waals surface area contributed by atoms with Crippen molar-refractivity contribution < 1.29 is 4.42 Å². The lowest BCUT2D eigenvalue weighted by Crippen LogP contribution is -2.04. The van der Waals surface area contributed by atoms with E-state index in [9.17, 15) is 0 Å². The van der Waals surface area contributed by atoms with Crippen molar-refractivity contribution in [2.45, 2.75) is 0 Å². The maximum Gasteiger partial charge on any atom is 0.165 e. The Hall–Kier alpha value is -6.00. The molecule has 11 rings (SSSR count). The van der Waals surface area contributed by atoms with E-state index in [0.717, 1.165) is 50.3 Å². The molecule has 202 valence electrons. The minimum absolute atomic E-state index is 0.824. The smallest absolute Gasteiger partial charge is 0.165 e. The van der Waals surface area contributed by atoms with Crippen LogP contribution in [0.1, 0.15) is 0 Å². The molecular formula is C40H21N3O. The van der Waals surface area contributed by atoms with Crippen LogP contribution in [0.15, 0.2) is 132 Å². The first-order chi connectivity index (χ1) is 21.8. The number of para-hydroxylation sites is 2. The molecule has 1 aliphatic carbocycles. The van der Waals surface area contributed by atoms with Crippen LogP contribution in [0.5, 0.6) is 0 Å². The molecule has 0 bridgehead atoms. The molecule has 0 radical (unpaired) electrons. The molecule has 0 fully saturated rings. The molecular weight excluding hydrogens is 538 g/mol. The van der Waals surface area contributed by atoms with Crippen LogP contribution in [0.3, 0.4) is 0 Å². The third-order valence-corrected chi connectivity index (χ3v) is 9.48. The Balaban J connectivity index is 1.49. The summed E-state index contributed by atoms with van der Waals surface area (Å²) in [5.41, 5.74) is 10.1. The molecule has 0 saturated carbocycles. The third kappa shape index (κ3) is 2.65. The summed E-state index contributed by atoms with van der Waals surface area (Å²) in [7, 11) is 0. The molecule has 0 amide bonds. The summed E-state index contributed by atoms with van der Waals surface area (Å²) in [4.78, 5) is 10.7. The van der Waals surface area contributed by atoms with Crippen LogP contribution in [0, 0.1) is 0 Å². The second kappa shape index (κ2) is 7.88. The van der Waals surface area contributed by atoms with Gasteiger partial charge in [-0.05, 0) is 52.2 Å². The Bertz CT molecular complexity index is 2880. The zero-order valence-corrected chi connectivity index (χ0v) is 23.4. The Kier molecular flexibility index (Phi) is 4.04. The van der Waals surface area contributed by atoms with Crippen molar-refractivity contribution in [2.75, 3.05) is 0 Å². The van der Waals surface area contributed by atoms with E-state index in [-0.39, 0.29) is 0 Å². The van der Waals surface area contributed by atoms with Gasteiger partial charge in [-0.15, -0.1) is 0 Å². The summed E-state index contributed by atoms with van der Waals surface area (Å²) in [6, 6.07) is 44.9. The quantitative estimate of drug-likeness (QED) is 0.198. The van der Waals surface area contributed by atoms with Crippen molar-refractivity contribution in [3.63, 3.8) is 0 Å². The number of hydrogen-bond donors (Lipinski definition) is 0. The molecule has 10 aromatic rings. The normalized spacial score (nSPS) is 12.5. The molecule has 3 heterocycles. The van der Waals surface area contributed by atoms with Gasteiger partial charge in [0.2, 0.25) is 0 Å². The molecule has 44 heavy (non-hydrogen) atoms. The summed E-state index contributed by atoms with van der Waals surface area (Å²) in [5, 5.41) is 9.74. The fourth-order valence-corrected chi connectivity index (χ4v) is 7.76. The van der Waals surface area contributed by atoms with Gasteiger partial charge < -0.3 is 4.42 Å². The van der Waals surface area contributed by atoms with E-state index >= 15 is 0 Å². The molecule has 1 aliphatic rings. The Morgan fingerprint density at radius 1 is 0.455 bits per heavy atom. The first-order valence-corrected chi connectivity index (χ1v) is 14.9. The van der Waals surface area contributed by atoms with E-state index in [1.807, 2.05) is 24.3 Å². The standard InChI is InChI=1S/C40H21N3O/c1-2-10-22(11-3-1)38-40(42-29-18-7-6-17-28(29)41-38)43-30-20-21-32-36-34-26(16-9-19-31(34)44-32)25-15-8-14-24-23-12-4-5-13-27(23)39(43)37(33(24)25)35(30)36/h1-21H. The van der Waals surface area contributed by atoms with Crippen LogP contribution in [0.2, 0.25) is 0 Å². The number of nitrogens with zero attached hydrogens (tertiary/aromatic N) is 3. The van der Waals surface area contributed by atoms with Crippen molar-refractivity contribution in [3.05, 3.63) is 127 Å². The summed E-state index contributed by atoms with van der Waals surface area (Å²) >= 11 is 0. The monoisotopic (exact) mass is 559 g/mol. The van der Waals surface area contributed by atoms with Crippen LogP contribution in [-0.2, 0) is 0 Å². The summed E-state index contributed by atoms with van der Waals surface area (Å²) < 4.78 is 8.90. The van der Waals surface area contributed by atoms with Crippen molar-refractivity contribution in [1.29, 1.82) is 0 Å². The second-order valence-electron chi connectivity index (χ2n) is 11.7. The highest BCUT2D eigenvalue weighted by Crippen LogP contribution is 2.53. The Morgan fingerprint density at radius 2 is 1.14 bits per heavy atom. The van der Waals surface area contributed by atoms with Gasteiger partial charge in [0.25, 0.3) is 0 Å². The van der Waals surface area contributed by atoms with Gasteiger partial charge >= 0.3 is 0 Å². The molecule has 0 unspecified atom stereocenters. The van der Waals surface area contributed by atoms with Crippen LogP contribution >= 0.6 is 0 Å². The average Bonchev–Trinajstić information content (AvgIpc) is 3.60. The zero-order chi connectivity index (χ0) is 28.5. The molecule has 7 aromatic carbocycles. The van der Waals surface area contributed by atoms with Gasteiger partial charge in [-0.1, -0.05) is 97.1 Å². The van der Waals surface area contributed by atoms with E-state index < -0.39 is 0 Å². The van der Waals surface area contributed by atoms with Gasteiger partial charge in [0.1, 0.15) is 16.9 Å². The van der Waals surface area contributed by atoms with Crippen molar-refractivity contribution in [1.82, 2.24) is 14.5 Å². The fraction of sp³-hybridized carbons (Fsp3) is 0. The largest absolute Gasteiger partial charge is 0.456 e. The minimum Gasteiger partial charge on any atom is -0.456 e. The molecule has 4 heteroatoms. The minimum atomic E-state index is 0.824. The number of aromatic nitrogens is 3. The number of fused-ring (bicyclic) bond motifs is 5. The van der Waals surface area contributed by atoms with Crippen molar-refractivity contribution in [2.24, 2.45) is 0 Å². The lowest BCUT2D eigenvalue weighted by atomic mass is 9.92. The van der Waals surface area contributed by atoms with E-state index in [2.05, 4.69) is 108 Å². The summed E-state index contributed by atoms with van der Waals surface area (Å²) in [6.07, 6.45) is 0. The maximum atomic E-state index is 6.53. The topological polar surface area (TPSA) is 43.9 Å². The first kappa shape index (κ1) is 22.6. The number of furan rings is 1. The summed E-state index contributed by atoms with van der Waals surface area (Å²) in [6.45, 7) is 0. The van der Waals surface area contributed by atoms with Gasteiger partial charge in [-0.2, -0.15) is 0 Å². The molecule has 0 aliphatic heterocycles. The first-order valence-electron chi connectivity index (χ1n) is 14.9. The van der Waals surface area contributed by atoms with E-state index in [1.54, 1.807) is 0 Å². The van der Waals surface area contributed by atoms with Crippen molar-refractivity contribution >= 4 is 76.3 Å². The predicted octanol–water partition coefficient (Wildman–Crippen LogP) is 10.6. The average molecular weight is 560 g/mol. The molecule has 3 aromatic heterocycles. The van der Waals surface area contributed by atoms with E-state index in [4.69, 9.17) is 14.4 Å². The van der Waals surface area contributed by atoms with Gasteiger partial charge in [0.05, 0.1) is 22.1 Å². The van der Waals surface area contributed by atoms with Crippen LogP contribution in [-0.4, -0.2) is 14.5 Å². The lowest BCUT2D eigenvalue weighted by Gasteiger charge is -2.16. The molecule has 0 N–H and O–H groups in total. The van der Waals surface area contributed by atoms with Crippen LogP contribution in [0.4, 0.5) is 0 Å². The maximum absolute atomic E-state index is 6.53. The Morgan fingerprint density at radius 3 is 2.00 bits per heavy atom. The highest BCUT2D eigenvalue weighted by Gasteiger charge is 2.29.